The van der Waals surface area contributed by atoms with E-state index in [-0.39, 0.29) is 13.3 Å². The summed E-state index contributed by atoms with van der Waals surface area (Å²) >= 11 is 0. The Labute approximate surface area is 219 Å². The molecule has 0 unspecified atom stereocenters. The van der Waals surface area contributed by atoms with Crippen LogP contribution in [0.3, 0.4) is 0 Å². The van der Waals surface area contributed by atoms with Crippen LogP contribution >= 0.6 is 0 Å². The minimum absolute atomic E-state index is 0.154. The minimum Gasteiger partial charge on any atom is -0.464 e. The third kappa shape index (κ3) is 7.57. The Hall–Kier alpha value is -3.36. The third-order valence-electron chi connectivity index (χ3n) is 6.34. The molecule has 8 nitrogen and oxygen atoms in total. The molecule has 0 aliphatic carbocycles. The van der Waals surface area contributed by atoms with E-state index in [0.29, 0.717) is 19.4 Å². The Morgan fingerprint density at radius 2 is 1.65 bits per heavy atom. The number of aromatic amines is 1. The van der Waals surface area contributed by atoms with Crippen LogP contribution in [0.4, 0.5) is 4.79 Å². The average molecular weight is 509 g/mol. The molecular weight excluding hydrogens is 468 g/mol. The zero-order chi connectivity index (χ0) is 26.5. The van der Waals surface area contributed by atoms with Crippen molar-refractivity contribution >= 4 is 22.9 Å². The van der Waals surface area contributed by atoms with Crippen LogP contribution in [0.15, 0.2) is 54.6 Å². The molecule has 3 aromatic rings. The number of carbonyl (C=O) groups is 2. The zero-order valence-electron chi connectivity index (χ0n) is 22.2. The lowest BCUT2D eigenvalue weighted by Crippen LogP contribution is -2.59. The molecule has 3 rings (SSSR count). The van der Waals surface area contributed by atoms with Crippen molar-refractivity contribution in [2.45, 2.75) is 64.8 Å². The molecule has 0 saturated heterocycles. The summed E-state index contributed by atoms with van der Waals surface area (Å²) in [5.74, 6) is -0.391. The molecule has 37 heavy (non-hydrogen) atoms. The van der Waals surface area contributed by atoms with Gasteiger partial charge in [0, 0.05) is 23.2 Å². The second-order valence-electron chi connectivity index (χ2n) is 9.10. The lowest BCUT2D eigenvalue weighted by molar-refractivity contribution is -0.151. The predicted octanol–water partition coefficient (Wildman–Crippen LogP) is 5.45. The van der Waals surface area contributed by atoms with Crippen LogP contribution < -0.4 is 16.2 Å². The van der Waals surface area contributed by atoms with E-state index < -0.39 is 17.5 Å². The zero-order valence-corrected chi connectivity index (χ0v) is 22.2. The van der Waals surface area contributed by atoms with Crippen LogP contribution in [0, 0.1) is 0 Å². The molecule has 200 valence electrons. The van der Waals surface area contributed by atoms with Gasteiger partial charge in [0.1, 0.15) is 12.3 Å². The van der Waals surface area contributed by atoms with Gasteiger partial charge < -0.3 is 19.8 Å². The van der Waals surface area contributed by atoms with Crippen molar-refractivity contribution in [2.75, 3.05) is 19.9 Å². The van der Waals surface area contributed by atoms with Gasteiger partial charge >= 0.3 is 12.0 Å². The quantitative estimate of drug-likeness (QED) is 0.0946. The minimum atomic E-state index is -1.03. The summed E-state index contributed by atoms with van der Waals surface area (Å²) in [5.41, 5.74) is 9.03. The summed E-state index contributed by atoms with van der Waals surface area (Å²) in [7, 11) is 0. The maximum atomic E-state index is 12.6. The number of rotatable bonds is 15. The molecule has 0 aliphatic rings. The number of aromatic nitrogens is 1. The number of ether oxygens (including phenoxy) is 2. The molecule has 0 aliphatic heterocycles. The van der Waals surface area contributed by atoms with Crippen LogP contribution in [0.2, 0.25) is 0 Å². The van der Waals surface area contributed by atoms with Crippen LogP contribution in [0.1, 0.15) is 58.4 Å². The molecule has 0 bridgehead atoms. The van der Waals surface area contributed by atoms with Crippen LogP contribution in [-0.4, -0.2) is 42.5 Å². The normalized spacial score (nSPS) is 11.4. The highest BCUT2D eigenvalue weighted by atomic mass is 16.5. The summed E-state index contributed by atoms with van der Waals surface area (Å²) in [6, 6.07) is 18.2. The highest BCUT2D eigenvalue weighted by Gasteiger charge is 2.39. The average Bonchev–Trinajstić information content (AvgIpc) is 3.27. The number of aryl methyl sites for hydroxylation is 1. The smallest absolute Gasteiger partial charge is 0.331 e. The lowest BCUT2D eigenvalue weighted by Gasteiger charge is -2.32. The fourth-order valence-electron chi connectivity index (χ4n) is 4.78. The number of benzene rings is 2. The van der Waals surface area contributed by atoms with Gasteiger partial charge in [0.05, 0.1) is 6.61 Å². The Morgan fingerprint density at radius 3 is 2.35 bits per heavy atom. The summed E-state index contributed by atoms with van der Waals surface area (Å²) in [6.45, 7) is 6.68. The van der Waals surface area contributed by atoms with Gasteiger partial charge in [0.2, 0.25) is 0 Å². The first kappa shape index (κ1) is 28.2. The first-order valence-electron chi connectivity index (χ1n) is 13.3. The van der Waals surface area contributed by atoms with Crippen LogP contribution in [0.5, 0.6) is 0 Å². The SMILES string of the molecule is CCCC(CCC)(NC(=O)NNCOCCCc1c(-c2ccccc2)[nH]c2ccccc12)C(=O)OCC. The molecule has 0 atom stereocenters. The number of hydrogen-bond donors (Lipinski definition) is 4. The molecule has 2 amide bonds. The number of amides is 2. The number of para-hydroxylation sites is 1. The summed E-state index contributed by atoms with van der Waals surface area (Å²) < 4.78 is 10.9. The lowest BCUT2D eigenvalue weighted by atomic mass is 9.88. The first-order chi connectivity index (χ1) is 18.0. The van der Waals surface area contributed by atoms with E-state index in [2.05, 4.69) is 51.5 Å². The Balaban J connectivity index is 1.47. The molecule has 0 fully saturated rings. The Bertz CT molecular complexity index is 1120. The van der Waals surface area contributed by atoms with E-state index in [9.17, 15) is 9.59 Å². The summed E-state index contributed by atoms with van der Waals surface area (Å²) in [6.07, 6.45) is 4.22. The summed E-state index contributed by atoms with van der Waals surface area (Å²) in [4.78, 5) is 28.7. The molecular formula is C29H40N4O4. The van der Waals surface area contributed by atoms with Crippen molar-refractivity contribution < 1.29 is 19.1 Å². The van der Waals surface area contributed by atoms with Crippen molar-refractivity contribution in [1.29, 1.82) is 0 Å². The van der Waals surface area contributed by atoms with E-state index in [4.69, 9.17) is 9.47 Å². The van der Waals surface area contributed by atoms with Gasteiger partial charge in [-0.15, -0.1) is 0 Å². The molecule has 0 radical (unpaired) electrons. The third-order valence-corrected chi connectivity index (χ3v) is 6.34. The monoisotopic (exact) mass is 508 g/mol. The van der Waals surface area contributed by atoms with Crippen molar-refractivity contribution in [2.24, 2.45) is 0 Å². The highest BCUT2D eigenvalue weighted by molar-refractivity contribution is 5.90. The highest BCUT2D eigenvalue weighted by Crippen LogP contribution is 2.31. The fraction of sp³-hybridized carbons (Fsp3) is 0.448. The summed E-state index contributed by atoms with van der Waals surface area (Å²) in [5, 5.41) is 4.05. The van der Waals surface area contributed by atoms with Gasteiger partial charge in [0.25, 0.3) is 0 Å². The van der Waals surface area contributed by atoms with Gasteiger partial charge in [-0.1, -0.05) is 75.2 Å². The molecule has 0 spiro atoms. The number of nitrogens with one attached hydrogen (secondary N) is 4. The van der Waals surface area contributed by atoms with Crippen LogP contribution in [0.25, 0.3) is 22.2 Å². The van der Waals surface area contributed by atoms with E-state index in [1.165, 1.54) is 10.9 Å². The van der Waals surface area contributed by atoms with Crippen molar-refractivity contribution in [3.63, 3.8) is 0 Å². The van der Waals surface area contributed by atoms with Gasteiger partial charge in [-0.05, 0) is 49.8 Å². The van der Waals surface area contributed by atoms with Crippen molar-refractivity contribution in [3.8, 4) is 11.3 Å². The molecule has 2 aromatic carbocycles. The Kier molecular flexibility index (Phi) is 11.0. The second kappa shape index (κ2) is 14.4. The predicted molar refractivity (Wildman–Crippen MR) is 147 cm³/mol. The molecule has 8 heteroatoms. The van der Waals surface area contributed by atoms with Crippen LogP contribution in [-0.2, 0) is 20.7 Å². The van der Waals surface area contributed by atoms with Crippen molar-refractivity contribution in [1.82, 2.24) is 21.2 Å². The number of hydrogen-bond acceptors (Lipinski definition) is 5. The first-order valence-corrected chi connectivity index (χ1v) is 13.3. The van der Waals surface area contributed by atoms with E-state index >= 15 is 0 Å². The second-order valence-corrected chi connectivity index (χ2v) is 9.10. The standard InChI is InChI=1S/C29H40N4O4/c1-4-18-29(19-5-2,27(34)37-6-3)32-28(35)33-30-21-36-20-12-16-24-23-15-10-11-17-25(23)31-26(24)22-13-8-7-9-14-22/h7-11,13-15,17,30-31H,4-6,12,16,18-21H2,1-3H3,(H2,32,33,35). The fourth-order valence-corrected chi connectivity index (χ4v) is 4.78. The number of urea groups is 1. The Morgan fingerprint density at radius 1 is 0.946 bits per heavy atom. The molecule has 1 heterocycles. The maximum Gasteiger partial charge on any atom is 0.331 e. The number of H-pyrrole nitrogens is 1. The van der Waals surface area contributed by atoms with Gasteiger partial charge in [-0.2, -0.15) is 0 Å². The van der Waals surface area contributed by atoms with Gasteiger partial charge in [0.15, 0.2) is 0 Å². The molecule has 0 saturated carbocycles. The van der Waals surface area contributed by atoms with E-state index in [0.717, 1.165) is 42.5 Å². The van der Waals surface area contributed by atoms with E-state index in [1.54, 1.807) is 6.92 Å². The number of esters is 1. The van der Waals surface area contributed by atoms with Gasteiger partial charge in [-0.3, -0.25) is 5.43 Å². The molecule has 1 aromatic heterocycles. The number of carbonyl (C=O) groups excluding carboxylic acids is 2. The van der Waals surface area contributed by atoms with Gasteiger partial charge in [-0.25, -0.2) is 15.0 Å². The molecule has 4 N–H and O–H groups in total. The largest absolute Gasteiger partial charge is 0.464 e. The number of hydrazine groups is 1. The van der Waals surface area contributed by atoms with Crippen molar-refractivity contribution in [3.05, 3.63) is 60.2 Å². The topological polar surface area (TPSA) is 104 Å². The van der Waals surface area contributed by atoms with E-state index in [1.807, 2.05) is 38.1 Å². The number of fused-ring (bicyclic) bond motifs is 1. The maximum absolute atomic E-state index is 12.6.